The van der Waals surface area contributed by atoms with Crippen molar-refractivity contribution in [2.45, 2.75) is 13.1 Å². The zero-order chi connectivity index (χ0) is 14.2. The van der Waals surface area contributed by atoms with E-state index in [-0.39, 0.29) is 0 Å². The van der Waals surface area contributed by atoms with Crippen LogP contribution in [0.2, 0.25) is 0 Å². The van der Waals surface area contributed by atoms with E-state index in [2.05, 4.69) is 41.3 Å². The van der Waals surface area contributed by atoms with E-state index in [9.17, 15) is 0 Å². The Bertz CT molecular complexity index is 498. The van der Waals surface area contributed by atoms with Gasteiger partial charge >= 0.3 is 0 Å². The standard InChI is InChI=1S/C17H20ClNO/c1-20-17-9-7-16(8-10-17)14-19(12-11-18)13-15-5-3-2-4-6-15/h2-10H,11-14H2,1H3. The number of alkyl halides is 1. The molecule has 0 spiro atoms. The lowest BCUT2D eigenvalue weighted by atomic mass is 10.1. The third-order valence-electron chi connectivity index (χ3n) is 3.21. The number of hydrogen-bond donors (Lipinski definition) is 0. The van der Waals surface area contributed by atoms with Crippen LogP contribution in [0.1, 0.15) is 11.1 Å². The van der Waals surface area contributed by atoms with Crippen molar-refractivity contribution in [1.82, 2.24) is 4.90 Å². The summed E-state index contributed by atoms with van der Waals surface area (Å²) in [5.74, 6) is 1.53. The second-order valence-electron chi connectivity index (χ2n) is 4.73. The lowest BCUT2D eigenvalue weighted by molar-refractivity contribution is 0.273. The van der Waals surface area contributed by atoms with Crippen LogP contribution < -0.4 is 4.74 Å². The summed E-state index contributed by atoms with van der Waals surface area (Å²) in [6.45, 7) is 2.69. The molecule has 0 unspecified atom stereocenters. The Labute approximate surface area is 125 Å². The Morgan fingerprint density at radius 3 is 2.05 bits per heavy atom. The molecule has 106 valence electrons. The third kappa shape index (κ3) is 4.55. The minimum absolute atomic E-state index is 0.642. The number of benzene rings is 2. The summed E-state index contributed by atoms with van der Waals surface area (Å²) in [5, 5.41) is 0. The largest absolute Gasteiger partial charge is 0.497 e. The number of methoxy groups -OCH3 is 1. The van der Waals surface area contributed by atoms with Crippen molar-refractivity contribution in [2.75, 3.05) is 19.5 Å². The fraction of sp³-hybridized carbons (Fsp3) is 0.294. The lowest BCUT2D eigenvalue weighted by Gasteiger charge is -2.21. The van der Waals surface area contributed by atoms with E-state index >= 15 is 0 Å². The molecule has 3 heteroatoms. The van der Waals surface area contributed by atoms with Crippen LogP contribution in [0.3, 0.4) is 0 Å². The Hall–Kier alpha value is -1.51. The van der Waals surface area contributed by atoms with Gasteiger partial charge in [0.2, 0.25) is 0 Å². The quantitative estimate of drug-likeness (QED) is 0.716. The summed E-state index contributed by atoms with van der Waals surface area (Å²) in [5.41, 5.74) is 2.58. The third-order valence-corrected chi connectivity index (χ3v) is 3.38. The van der Waals surface area contributed by atoms with Gasteiger partial charge in [0.1, 0.15) is 5.75 Å². The van der Waals surface area contributed by atoms with E-state index in [0.29, 0.717) is 5.88 Å². The number of hydrogen-bond acceptors (Lipinski definition) is 2. The molecular formula is C17H20ClNO. The van der Waals surface area contributed by atoms with Crippen LogP contribution in [0.5, 0.6) is 5.75 Å². The molecule has 0 aliphatic rings. The Kier molecular flexibility index (Phi) is 5.90. The fourth-order valence-electron chi connectivity index (χ4n) is 2.16. The number of ether oxygens (including phenoxy) is 1. The molecule has 2 aromatic carbocycles. The van der Waals surface area contributed by atoms with E-state index in [4.69, 9.17) is 16.3 Å². The molecule has 0 aromatic heterocycles. The lowest BCUT2D eigenvalue weighted by Crippen LogP contribution is -2.24. The Morgan fingerprint density at radius 2 is 1.50 bits per heavy atom. The van der Waals surface area contributed by atoms with E-state index < -0.39 is 0 Å². The monoisotopic (exact) mass is 289 g/mol. The molecule has 0 radical (unpaired) electrons. The minimum atomic E-state index is 0.642. The van der Waals surface area contributed by atoms with Crippen LogP contribution in [0.15, 0.2) is 54.6 Å². The first-order chi connectivity index (χ1) is 9.81. The highest BCUT2D eigenvalue weighted by Gasteiger charge is 2.06. The van der Waals surface area contributed by atoms with Crippen molar-refractivity contribution < 1.29 is 4.74 Å². The molecule has 0 heterocycles. The van der Waals surface area contributed by atoms with Gasteiger partial charge in [-0.15, -0.1) is 11.6 Å². The van der Waals surface area contributed by atoms with Crippen molar-refractivity contribution >= 4 is 11.6 Å². The summed E-state index contributed by atoms with van der Waals surface area (Å²) < 4.78 is 5.18. The maximum absolute atomic E-state index is 5.91. The van der Waals surface area contributed by atoms with Gasteiger partial charge in [-0.25, -0.2) is 0 Å². The maximum Gasteiger partial charge on any atom is 0.118 e. The van der Waals surface area contributed by atoms with Crippen LogP contribution in [0.4, 0.5) is 0 Å². The zero-order valence-electron chi connectivity index (χ0n) is 11.8. The van der Waals surface area contributed by atoms with Crippen LogP contribution in [-0.2, 0) is 13.1 Å². The number of nitrogens with zero attached hydrogens (tertiary/aromatic N) is 1. The predicted molar refractivity (Wildman–Crippen MR) is 84.3 cm³/mol. The average Bonchev–Trinajstić information content (AvgIpc) is 2.49. The van der Waals surface area contributed by atoms with Gasteiger partial charge in [-0.1, -0.05) is 42.5 Å². The molecule has 0 saturated carbocycles. The maximum atomic E-state index is 5.91. The zero-order valence-corrected chi connectivity index (χ0v) is 12.5. The molecule has 2 rings (SSSR count). The van der Waals surface area contributed by atoms with Gasteiger partial charge in [0, 0.05) is 25.5 Å². The van der Waals surface area contributed by atoms with E-state index in [1.807, 2.05) is 18.2 Å². The summed E-state index contributed by atoms with van der Waals surface area (Å²) >= 11 is 5.91. The normalized spacial score (nSPS) is 10.8. The highest BCUT2D eigenvalue weighted by Crippen LogP contribution is 2.14. The van der Waals surface area contributed by atoms with Crippen LogP contribution >= 0.6 is 11.6 Å². The van der Waals surface area contributed by atoms with Gasteiger partial charge in [-0.05, 0) is 23.3 Å². The summed E-state index contributed by atoms with van der Waals surface area (Å²) in [6.07, 6.45) is 0. The molecule has 0 amide bonds. The first-order valence-corrected chi connectivity index (χ1v) is 7.30. The number of rotatable bonds is 7. The first-order valence-electron chi connectivity index (χ1n) is 6.77. The van der Waals surface area contributed by atoms with Crippen molar-refractivity contribution in [2.24, 2.45) is 0 Å². The molecule has 0 aliphatic carbocycles. The van der Waals surface area contributed by atoms with Gasteiger partial charge in [-0.2, -0.15) is 0 Å². The van der Waals surface area contributed by atoms with Crippen LogP contribution in [-0.4, -0.2) is 24.4 Å². The minimum Gasteiger partial charge on any atom is -0.497 e. The highest BCUT2D eigenvalue weighted by molar-refractivity contribution is 6.18. The van der Waals surface area contributed by atoms with Crippen molar-refractivity contribution in [3.8, 4) is 5.75 Å². The highest BCUT2D eigenvalue weighted by atomic mass is 35.5. The molecule has 0 fully saturated rings. The predicted octanol–water partition coefficient (Wildman–Crippen LogP) is 3.94. The average molecular weight is 290 g/mol. The van der Waals surface area contributed by atoms with Gasteiger partial charge in [0.05, 0.1) is 7.11 Å². The molecule has 0 bridgehead atoms. The number of halogens is 1. The molecule has 0 atom stereocenters. The fourth-order valence-corrected chi connectivity index (χ4v) is 2.40. The van der Waals surface area contributed by atoms with Crippen molar-refractivity contribution in [3.05, 3.63) is 65.7 Å². The molecule has 0 N–H and O–H groups in total. The van der Waals surface area contributed by atoms with Crippen LogP contribution in [0.25, 0.3) is 0 Å². The molecular weight excluding hydrogens is 270 g/mol. The molecule has 2 nitrogen and oxygen atoms in total. The van der Waals surface area contributed by atoms with Gasteiger partial charge in [-0.3, -0.25) is 4.90 Å². The van der Waals surface area contributed by atoms with E-state index in [0.717, 1.165) is 25.4 Å². The van der Waals surface area contributed by atoms with Crippen molar-refractivity contribution in [1.29, 1.82) is 0 Å². The smallest absolute Gasteiger partial charge is 0.118 e. The molecule has 2 aromatic rings. The van der Waals surface area contributed by atoms with Crippen molar-refractivity contribution in [3.63, 3.8) is 0 Å². The second kappa shape index (κ2) is 7.93. The summed E-state index contributed by atoms with van der Waals surface area (Å²) in [7, 11) is 1.68. The van der Waals surface area contributed by atoms with E-state index in [1.165, 1.54) is 11.1 Å². The van der Waals surface area contributed by atoms with Gasteiger partial charge < -0.3 is 4.74 Å². The Balaban J connectivity index is 2.00. The molecule has 0 aliphatic heterocycles. The van der Waals surface area contributed by atoms with Gasteiger partial charge in [0.25, 0.3) is 0 Å². The van der Waals surface area contributed by atoms with Crippen LogP contribution in [0, 0.1) is 0 Å². The summed E-state index contributed by atoms with van der Waals surface area (Å²) in [6, 6.07) is 18.7. The molecule has 0 saturated heterocycles. The second-order valence-corrected chi connectivity index (χ2v) is 5.11. The van der Waals surface area contributed by atoms with Gasteiger partial charge in [0.15, 0.2) is 0 Å². The SMILES string of the molecule is COc1ccc(CN(CCCl)Cc2ccccc2)cc1. The first kappa shape index (κ1) is 14.9. The molecule has 20 heavy (non-hydrogen) atoms. The summed E-state index contributed by atoms with van der Waals surface area (Å²) in [4.78, 5) is 2.35. The Morgan fingerprint density at radius 1 is 0.900 bits per heavy atom. The van der Waals surface area contributed by atoms with E-state index in [1.54, 1.807) is 7.11 Å². The topological polar surface area (TPSA) is 12.5 Å².